The summed E-state index contributed by atoms with van der Waals surface area (Å²) in [5, 5.41) is 17.7. The van der Waals surface area contributed by atoms with Gasteiger partial charge in [0.25, 0.3) is 5.91 Å². The lowest BCUT2D eigenvalue weighted by Gasteiger charge is -2.45. The second kappa shape index (κ2) is 18.0. The summed E-state index contributed by atoms with van der Waals surface area (Å²) in [6.07, 6.45) is 1.81. The van der Waals surface area contributed by atoms with Gasteiger partial charge in [-0.05, 0) is 138 Å². The number of ether oxygens (including phenoxy) is 1. The van der Waals surface area contributed by atoms with E-state index in [1.54, 1.807) is 23.1 Å². The molecule has 2 atom stereocenters. The first-order chi connectivity index (χ1) is 28.5. The summed E-state index contributed by atoms with van der Waals surface area (Å²) in [6.45, 7) is 7.71. The van der Waals surface area contributed by atoms with E-state index in [-0.39, 0.29) is 59.4 Å². The predicted molar refractivity (Wildman–Crippen MR) is 230 cm³/mol. The van der Waals surface area contributed by atoms with Crippen LogP contribution in [0.15, 0.2) is 54.7 Å². The molecule has 4 heterocycles. The van der Waals surface area contributed by atoms with Gasteiger partial charge in [-0.15, -0.1) is 12.4 Å². The Balaban J connectivity index is 0.00000622. The van der Waals surface area contributed by atoms with E-state index in [1.165, 1.54) is 6.07 Å². The van der Waals surface area contributed by atoms with E-state index in [9.17, 15) is 37.6 Å². The number of carbonyl (C=O) groups excluding carboxylic acids is 4. The normalized spacial score (nSPS) is 21.0. The second-order valence-electron chi connectivity index (χ2n) is 16.5. The van der Waals surface area contributed by atoms with E-state index in [4.69, 9.17) is 17.0 Å². The fraction of sp³-hybridized carbons (Fsp3) is 0.465. The average molecular weight is 881 g/mol. The van der Waals surface area contributed by atoms with Crippen molar-refractivity contribution in [3.05, 3.63) is 71.5 Å². The van der Waals surface area contributed by atoms with Gasteiger partial charge in [0.05, 0.1) is 30.6 Å². The van der Waals surface area contributed by atoms with Crippen LogP contribution in [0.5, 0.6) is 5.75 Å². The molecule has 2 aromatic carbocycles. The predicted octanol–water partition coefficient (Wildman–Crippen LogP) is 7.13. The monoisotopic (exact) mass is 880 g/mol. The molecule has 1 unspecified atom stereocenters. The smallest absolute Gasteiger partial charge is 0.419 e. The Hall–Kier alpha value is -5.31. The van der Waals surface area contributed by atoms with Gasteiger partial charge >= 0.3 is 6.18 Å². The molecule has 1 saturated carbocycles. The molecule has 3 aliphatic heterocycles. The number of aromatic nitrogens is 1. The zero-order valence-electron chi connectivity index (χ0n) is 34.1. The lowest BCUT2D eigenvalue weighted by molar-refractivity contribution is -0.138. The Morgan fingerprint density at radius 2 is 1.84 bits per heavy atom. The molecule has 0 radical (unpaired) electrons. The van der Waals surface area contributed by atoms with E-state index in [1.807, 2.05) is 31.2 Å². The summed E-state index contributed by atoms with van der Waals surface area (Å²) in [7, 11) is 0. The first kappa shape index (κ1) is 45.2. The van der Waals surface area contributed by atoms with E-state index in [2.05, 4.69) is 39.7 Å². The molecular weight excluding hydrogens is 833 g/mol. The number of anilines is 4. The van der Waals surface area contributed by atoms with Gasteiger partial charge in [0, 0.05) is 29.0 Å². The van der Waals surface area contributed by atoms with Crippen molar-refractivity contribution < 1.29 is 37.1 Å². The Morgan fingerprint density at radius 1 is 1.08 bits per heavy atom. The van der Waals surface area contributed by atoms with Crippen LogP contribution < -0.4 is 30.5 Å². The van der Waals surface area contributed by atoms with Crippen molar-refractivity contribution in [1.82, 2.24) is 15.2 Å². The number of hydrogen-bond acceptors (Lipinski definition) is 10. The minimum absolute atomic E-state index is 0. The highest BCUT2D eigenvalue weighted by molar-refractivity contribution is 7.81. The largest absolute Gasteiger partial charge is 0.493 e. The third kappa shape index (κ3) is 9.31. The molecule has 1 aliphatic carbocycles. The van der Waals surface area contributed by atoms with E-state index >= 15 is 0 Å². The van der Waals surface area contributed by atoms with Crippen molar-refractivity contribution in [3.8, 4) is 11.8 Å². The number of halogens is 4. The number of carbonyl (C=O) groups is 4. The molecule has 61 heavy (non-hydrogen) atoms. The molecule has 3 saturated heterocycles. The van der Waals surface area contributed by atoms with Gasteiger partial charge in [-0.25, -0.2) is 4.98 Å². The SMILES string of the molecule is CCc1cc(N2C(=S)N(c3cnc(C#N)c(C(F)(F)F)c3)C(=O)C23CCC3)ccc1OCC[C@H]1CCN(CC(=O)Nc2cccc(NC3CCC(=O)NC3=O)c2)C(C)(C)C1.Cl. The summed E-state index contributed by atoms with van der Waals surface area (Å²) < 4.78 is 47.8. The molecule has 324 valence electrons. The maximum atomic E-state index is 14.0. The lowest BCUT2D eigenvalue weighted by atomic mass is 9.75. The van der Waals surface area contributed by atoms with Crippen LogP contribution in [0.1, 0.15) is 89.0 Å². The molecule has 18 heteroatoms. The second-order valence-corrected chi connectivity index (χ2v) is 16.9. The van der Waals surface area contributed by atoms with Crippen LogP contribution in [0.3, 0.4) is 0 Å². The standard InChI is InChI=1S/C43H47F3N8O5S.ClH/c1-4-27-19-30(54-40(60)53(39(58)42(54)15-6-16-42)31-21-32(43(44,45)46)34(23-47)48-24-31)9-11-35(27)59-18-14-26-13-17-52(41(2,3)22-26)25-37(56)50-29-8-5-7-28(20-29)49-33-10-12-36(55)51-38(33)57;/h5,7-9,11,19-21,24,26,33,49H,4,6,10,12-18,22,25H2,1-3H3,(H,50,56)(H,51,55,57);1H/t26-,33?;/m1./s1. The highest BCUT2D eigenvalue weighted by atomic mass is 35.5. The average Bonchev–Trinajstić information content (AvgIpc) is 3.42. The van der Waals surface area contributed by atoms with Crippen LogP contribution >= 0.6 is 24.6 Å². The third-order valence-electron chi connectivity index (χ3n) is 12.1. The van der Waals surface area contributed by atoms with Gasteiger partial charge in [-0.1, -0.05) is 13.0 Å². The first-order valence-electron chi connectivity index (χ1n) is 20.2. The minimum atomic E-state index is -4.85. The van der Waals surface area contributed by atoms with Crippen LogP contribution in [-0.2, 0) is 31.8 Å². The van der Waals surface area contributed by atoms with Crippen molar-refractivity contribution in [1.29, 1.82) is 5.26 Å². The maximum absolute atomic E-state index is 14.0. The molecule has 4 amide bonds. The van der Waals surface area contributed by atoms with Gasteiger partial charge in [0.2, 0.25) is 17.7 Å². The molecule has 1 spiro atoms. The van der Waals surface area contributed by atoms with Gasteiger partial charge < -0.3 is 20.3 Å². The molecule has 3 aromatic rings. The first-order valence-corrected chi connectivity index (χ1v) is 20.6. The summed E-state index contributed by atoms with van der Waals surface area (Å²) in [5.74, 6) is -0.141. The number of benzene rings is 2. The molecule has 7 rings (SSSR count). The number of nitriles is 1. The Bertz CT molecular complexity index is 2260. The van der Waals surface area contributed by atoms with Crippen LogP contribution in [0.25, 0.3) is 0 Å². The van der Waals surface area contributed by atoms with Crippen LogP contribution in [0.4, 0.5) is 35.9 Å². The number of nitrogens with zero attached hydrogens (tertiary/aromatic N) is 5. The number of aryl methyl sites for hydroxylation is 1. The summed E-state index contributed by atoms with van der Waals surface area (Å²) in [6, 6.07) is 14.5. The Morgan fingerprint density at radius 3 is 2.49 bits per heavy atom. The van der Waals surface area contributed by atoms with Crippen molar-refractivity contribution in [2.75, 3.05) is 40.1 Å². The number of alkyl halides is 3. The fourth-order valence-electron chi connectivity index (χ4n) is 8.76. The summed E-state index contributed by atoms with van der Waals surface area (Å²) in [5.41, 5.74) is -0.602. The summed E-state index contributed by atoms with van der Waals surface area (Å²) in [4.78, 5) is 59.6. The van der Waals surface area contributed by atoms with E-state index in [0.717, 1.165) is 55.0 Å². The summed E-state index contributed by atoms with van der Waals surface area (Å²) >= 11 is 5.80. The molecule has 3 N–H and O–H groups in total. The fourth-order valence-corrected chi connectivity index (χ4v) is 9.23. The number of piperidine rings is 2. The quantitative estimate of drug-likeness (QED) is 0.126. The molecule has 1 aromatic heterocycles. The highest BCUT2D eigenvalue weighted by Crippen LogP contribution is 2.49. The van der Waals surface area contributed by atoms with Crippen LogP contribution in [0, 0.1) is 17.2 Å². The van der Waals surface area contributed by atoms with Crippen LogP contribution in [0.2, 0.25) is 0 Å². The van der Waals surface area contributed by atoms with Gasteiger partial charge in [0.1, 0.15) is 23.4 Å². The number of pyridine rings is 1. The zero-order chi connectivity index (χ0) is 43.0. The van der Waals surface area contributed by atoms with Crippen molar-refractivity contribution in [2.45, 2.75) is 102 Å². The molecule has 4 fully saturated rings. The number of rotatable bonds is 12. The molecule has 13 nitrogen and oxygen atoms in total. The zero-order valence-corrected chi connectivity index (χ0v) is 35.7. The number of imide groups is 1. The third-order valence-corrected chi connectivity index (χ3v) is 12.5. The maximum Gasteiger partial charge on any atom is 0.419 e. The van der Waals surface area contributed by atoms with Crippen molar-refractivity contribution in [3.63, 3.8) is 0 Å². The Labute approximate surface area is 363 Å². The van der Waals surface area contributed by atoms with Gasteiger partial charge in [-0.3, -0.25) is 34.3 Å². The molecule has 4 aliphatic rings. The van der Waals surface area contributed by atoms with Crippen molar-refractivity contribution >= 4 is 76.1 Å². The topological polar surface area (TPSA) is 160 Å². The van der Waals surface area contributed by atoms with Gasteiger partial charge in [0.15, 0.2) is 10.8 Å². The number of amides is 4. The number of thiocarbonyl (C=S) groups is 1. The van der Waals surface area contributed by atoms with Crippen molar-refractivity contribution in [2.24, 2.45) is 5.92 Å². The Kier molecular flexibility index (Phi) is 13.3. The van der Waals surface area contributed by atoms with Gasteiger partial charge in [-0.2, -0.15) is 18.4 Å². The number of hydrogen-bond donors (Lipinski definition) is 3. The lowest BCUT2D eigenvalue weighted by Crippen LogP contribution is -2.55. The van der Waals surface area contributed by atoms with E-state index in [0.29, 0.717) is 61.0 Å². The number of likely N-dealkylation sites (tertiary alicyclic amines) is 1. The highest BCUT2D eigenvalue weighted by Gasteiger charge is 2.60. The molecule has 0 bridgehead atoms. The van der Waals surface area contributed by atoms with E-state index < -0.39 is 34.9 Å². The molecular formula is C43H48ClF3N8O5S. The number of nitrogens with one attached hydrogen (secondary N) is 3. The van der Waals surface area contributed by atoms with Crippen LogP contribution in [-0.4, -0.2) is 75.4 Å². The minimum Gasteiger partial charge on any atom is -0.493 e.